The van der Waals surface area contributed by atoms with E-state index in [1.807, 2.05) is 0 Å². The number of nitrogens with zero attached hydrogens (tertiary/aromatic N) is 4. The second kappa shape index (κ2) is 10.3. The first-order valence-electron chi connectivity index (χ1n) is 11.3. The van der Waals surface area contributed by atoms with Crippen LogP contribution in [0.5, 0.6) is 0 Å². The molecule has 6 N–H and O–H groups in total. The third kappa shape index (κ3) is 5.34. The van der Waals surface area contributed by atoms with Crippen LogP contribution in [0, 0.1) is 0 Å². The molecule has 1 aromatic carbocycles. The zero-order chi connectivity index (χ0) is 22.7. The number of aliphatic hydroxyl groups is 5. The molecule has 1 aliphatic carbocycles. The van der Waals surface area contributed by atoms with Crippen molar-refractivity contribution >= 4 is 0 Å². The van der Waals surface area contributed by atoms with Crippen molar-refractivity contribution in [2.45, 2.75) is 75.5 Å². The molecule has 176 valence electrons. The molecule has 0 spiro atoms. The lowest BCUT2D eigenvalue weighted by Crippen LogP contribution is -2.67. The van der Waals surface area contributed by atoms with Crippen LogP contribution in [-0.2, 0) is 19.6 Å². The molecule has 4 rings (SSSR count). The molecule has 2 unspecified atom stereocenters. The molecule has 10 nitrogen and oxygen atoms in total. The largest absolute Gasteiger partial charge is 0.389 e. The van der Waals surface area contributed by atoms with Gasteiger partial charge in [0.15, 0.2) is 0 Å². The summed E-state index contributed by atoms with van der Waals surface area (Å²) in [5, 5.41) is 60.7. The summed E-state index contributed by atoms with van der Waals surface area (Å²) in [7, 11) is 0. The highest BCUT2D eigenvalue weighted by Crippen LogP contribution is 2.22. The smallest absolute Gasteiger partial charge is 0.111 e. The van der Waals surface area contributed by atoms with Crippen LogP contribution in [0.25, 0.3) is 0 Å². The molecule has 0 amide bonds. The fourth-order valence-corrected chi connectivity index (χ4v) is 4.51. The van der Waals surface area contributed by atoms with Crippen molar-refractivity contribution in [3.05, 3.63) is 47.3 Å². The van der Waals surface area contributed by atoms with Gasteiger partial charge in [0.2, 0.25) is 0 Å². The van der Waals surface area contributed by atoms with Crippen LogP contribution < -0.4 is 5.32 Å². The van der Waals surface area contributed by atoms with Crippen LogP contribution in [0.1, 0.15) is 36.1 Å². The molecule has 2 fully saturated rings. The van der Waals surface area contributed by atoms with E-state index in [1.165, 1.54) is 37.9 Å². The summed E-state index contributed by atoms with van der Waals surface area (Å²) in [5.74, 6) is 0. The van der Waals surface area contributed by atoms with E-state index < -0.39 is 36.6 Å². The first-order valence-corrected chi connectivity index (χ1v) is 11.3. The molecule has 6 atom stereocenters. The number of aliphatic hydroxyl groups excluding tert-OH is 5. The maximum atomic E-state index is 10.1. The maximum Gasteiger partial charge on any atom is 0.111 e. The Morgan fingerprint density at radius 2 is 1.34 bits per heavy atom. The van der Waals surface area contributed by atoms with Gasteiger partial charge in [-0.2, -0.15) is 0 Å². The summed E-state index contributed by atoms with van der Waals surface area (Å²) < 4.78 is 1.71. The number of hydrogen-bond acceptors (Lipinski definition) is 9. The minimum atomic E-state index is -1.61. The van der Waals surface area contributed by atoms with Gasteiger partial charge >= 0.3 is 0 Å². The number of benzene rings is 1. The van der Waals surface area contributed by atoms with Gasteiger partial charge in [-0.15, -0.1) is 5.10 Å². The van der Waals surface area contributed by atoms with Crippen molar-refractivity contribution in [1.29, 1.82) is 0 Å². The summed E-state index contributed by atoms with van der Waals surface area (Å²) in [5.41, 5.74) is 3.00. The van der Waals surface area contributed by atoms with Gasteiger partial charge in [0, 0.05) is 13.1 Å². The van der Waals surface area contributed by atoms with Crippen LogP contribution >= 0.6 is 0 Å². The Balaban J connectivity index is 1.29. The van der Waals surface area contributed by atoms with Gasteiger partial charge < -0.3 is 30.8 Å². The van der Waals surface area contributed by atoms with Gasteiger partial charge in [-0.1, -0.05) is 35.9 Å². The summed E-state index contributed by atoms with van der Waals surface area (Å²) >= 11 is 0. The summed E-state index contributed by atoms with van der Waals surface area (Å²) in [6.07, 6.45) is -1.92. The molecule has 1 saturated carbocycles. The van der Waals surface area contributed by atoms with E-state index in [-0.39, 0.29) is 6.54 Å². The van der Waals surface area contributed by atoms with Gasteiger partial charge in [-0.25, -0.2) is 4.68 Å². The molecular weight excluding hydrogens is 414 g/mol. The number of hydrogen-bond donors (Lipinski definition) is 6. The highest BCUT2D eigenvalue weighted by molar-refractivity contribution is 5.22. The van der Waals surface area contributed by atoms with Gasteiger partial charge in [0.1, 0.15) is 30.5 Å². The Morgan fingerprint density at radius 3 is 1.97 bits per heavy atom. The lowest BCUT2D eigenvalue weighted by molar-refractivity contribution is -0.190. The van der Waals surface area contributed by atoms with Crippen molar-refractivity contribution in [2.24, 2.45) is 0 Å². The first kappa shape index (κ1) is 23.2. The van der Waals surface area contributed by atoms with E-state index in [0.29, 0.717) is 12.2 Å². The van der Waals surface area contributed by atoms with Crippen molar-refractivity contribution in [3.8, 4) is 0 Å². The van der Waals surface area contributed by atoms with Crippen LogP contribution in [-0.4, -0.2) is 95.1 Å². The fraction of sp³-hybridized carbons (Fsp3) is 0.636. The SMILES string of the molecule is OC1[C@@H](O)[C@H](O)C(NCc2cn(Cc3ccc(CN4CCCCC4)cc3)nn2)[C@H](O)[C@H]1O. The van der Waals surface area contributed by atoms with E-state index >= 15 is 0 Å². The number of aromatic nitrogens is 3. The summed E-state index contributed by atoms with van der Waals surface area (Å²) in [6.45, 7) is 4.06. The van der Waals surface area contributed by atoms with Crippen LogP contribution in [0.3, 0.4) is 0 Å². The predicted molar refractivity (Wildman–Crippen MR) is 115 cm³/mol. The van der Waals surface area contributed by atoms with Crippen LogP contribution in [0.4, 0.5) is 0 Å². The fourth-order valence-electron chi connectivity index (χ4n) is 4.51. The van der Waals surface area contributed by atoms with Gasteiger partial charge in [0.25, 0.3) is 0 Å². The molecule has 32 heavy (non-hydrogen) atoms. The standard InChI is InChI=1S/C22H33N5O5/c28-18-17(19(29)21(31)22(32)20(18)30)23-10-16-13-27(25-24-16)12-15-6-4-14(5-7-15)11-26-8-2-1-3-9-26/h4-7,13,17-23,28-32H,1-3,8-12H2/t17?,18-,19+,20+,21-,22?. The van der Waals surface area contributed by atoms with E-state index in [1.54, 1.807) is 10.9 Å². The number of nitrogens with one attached hydrogen (secondary N) is 1. The topological polar surface area (TPSA) is 147 Å². The third-order valence-corrected chi connectivity index (χ3v) is 6.46. The Morgan fingerprint density at radius 1 is 0.781 bits per heavy atom. The molecule has 1 aromatic heterocycles. The zero-order valence-electron chi connectivity index (χ0n) is 18.0. The van der Waals surface area contributed by atoms with Crippen molar-refractivity contribution in [3.63, 3.8) is 0 Å². The normalized spacial score (nSPS) is 31.7. The van der Waals surface area contributed by atoms with Crippen molar-refractivity contribution in [1.82, 2.24) is 25.2 Å². The third-order valence-electron chi connectivity index (χ3n) is 6.46. The molecule has 2 aliphatic rings. The van der Waals surface area contributed by atoms with Gasteiger partial charge in [-0.05, 0) is 37.1 Å². The molecule has 0 radical (unpaired) electrons. The number of likely N-dealkylation sites (tertiary alicyclic amines) is 1. The van der Waals surface area contributed by atoms with E-state index in [9.17, 15) is 25.5 Å². The highest BCUT2D eigenvalue weighted by Gasteiger charge is 2.47. The highest BCUT2D eigenvalue weighted by atomic mass is 16.4. The maximum absolute atomic E-state index is 10.1. The Kier molecular flexibility index (Phi) is 7.51. The summed E-state index contributed by atoms with van der Waals surface area (Å²) in [4.78, 5) is 2.49. The molecule has 2 aromatic rings. The van der Waals surface area contributed by atoms with E-state index in [0.717, 1.165) is 12.1 Å². The minimum Gasteiger partial charge on any atom is -0.389 e. The second-order valence-corrected chi connectivity index (χ2v) is 8.92. The van der Waals surface area contributed by atoms with E-state index in [2.05, 4.69) is 44.8 Å². The Bertz CT molecular complexity index is 841. The van der Waals surface area contributed by atoms with Crippen molar-refractivity contribution in [2.75, 3.05) is 13.1 Å². The lowest BCUT2D eigenvalue weighted by Gasteiger charge is -2.42. The molecular formula is C22H33N5O5. The quantitative estimate of drug-likeness (QED) is 0.301. The molecule has 1 saturated heterocycles. The Hall–Kier alpha value is -1.92. The summed E-state index contributed by atoms with van der Waals surface area (Å²) in [6, 6.07) is 7.49. The predicted octanol–water partition coefficient (Wildman–Crippen LogP) is -1.41. The monoisotopic (exact) mass is 447 g/mol. The second-order valence-electron chi connectivity index (χ2n) is 8.92. The molecule has 1 aliphatic heterocycles. The Labute approximate surface area is 187 Å². The molecule has 10 heteroatoms. The lowest BCUT2D eigenvalue weighted by atomic mass is 9.83. The first-order chi connectivity index (χ1) is 15.4. The van der Waals surface area contributed by atoms with E-state index in [4.69, 9.17) is 0 Å². The van der Waals surface area contributed by atoms with Crippen LogP contribution in [0.15, 0.2) is 30.5 Å². The number of rotatable bonds is 7. The average Bonchev–Trinajstić information content (AvgIpc) is 3.25. The van der Waals surface area contributed by atoms with Gasteiger partial charge in [-0.3, -0.25) is 4.90 Å². The van der Waals surface area contributed by atoms with Gasteiger partial charge in [0.05, 0.1) is 24.5 Å². The average molecular weight is 448 g/mol. The minimum absolute atomic E-state index is 0.170. The number of piperidine rings is 1. The van der Waals surface area contributed by atoms with Crippen molar-refractivity contribution < 1.29 is 25.5 Å². The van der Waals surface area contributed by atoms with Crippen LogP contribution in [0.2, 0.25) is 0 Å². The molecule has 2 heterocycles. The molecule has 0 bridgehead atoms. The zero-order valence-corrected chi connectivity index (χ0v) is 18.0.